The number of fused-ring (bicyclic) bond motifs is 1. The van der Waals surface area contributed by atoms with Crippen molar-refractivity contribution in [2.75, 3.05) is 6.54 Å². The van der Waals surface area contributed by atoms with Crippen molar-refractivity contribution in [1.29, 1.82) is 0 Å². The largest absolute Gasteiger partial charge is 0.302 e. The van der Waals surface area contributed by atoms with Crippen molar-refractivity contribution in [3.8, 4) is 0 Å². The third-order valence-corrected chi connectivity index (χ3v) is 3.77. The lowest BCUT2D eigenvalue weighted by Gasteiger charge is -2.41. The third kappa shape index (κ3) is 2.51. The number of carbonyl (C=O) groups is 1. The Morgan fingerprint density at radius 2 is 2.16 bits per heavy atom. The van der Waals surface area contributed by atoms with Gasteiger partial charge in [-0.25, -0.2) is 0 Å². The Hall–Kier alpha value is -1.75. The highest BCUT2D eigenvalue weighted by Crippen LogP contribution is 2.35. The van der Waals surface area contributed by atoms with E-state index in [0.29, 0.717) is 6.54 Å². The van der Waals surface area contributed by atoms with Crippen LogP contribution < -0.4 is 0 Å². The molecule has 0 radical (unpaired) electrons. The number of hydrogen-bond acceptors (Lipinski definition) is 4. The Balaban J connectivity index is 2.44. The average molecular weight is 262 g/mol. The van der Waals surface area contributed by atoms with E-state index in [-0.39, 0.29) is 22.1 Å². The molecule has 2 rings (SSSR count). The molecule has 1 aromatic rings. The summed E-state index contributed by atoms with van der Waals surface area (Å²) in [5, 5.41) is 10.9. The maximum absolute atomic E-state index is 11.0. The zero-order chi connectivity index (χ0) is 14.2. The van der Waals surface area contributed by atoms with E-state index >= 15 is 0 Å². The maximum atomic E-state index is 11.0. The molecule has 0 saturated heterocycles. The highest BCUT2D eigenvalue weighted by atomic mass is 16.6. The van der Waals surface area contributed by atoms with Crippen LogP contribution in [0.4, 0.5) is 5.69 Å². The second kappa shape index (κ2) is 4.74. The Kier molecular flexibility index (Phi) is 3.41. The van der Waals surface area contributed by atoms with E-state index in [9.17, 15) is 14.9 Å². The van der Waals surface area contributed by atoms with Gasteiger partial charge in [-0.2, -0.15) is 0 Å². The van der Waals surface area contributed by atoms with Crippen LogP contribution in [0.25, 0.3) is 0 Å². The van der Waals surface area contributed by atoms with Gasteiger partial charge in [-0.3, -0.25) is 15.0 Å². The minimum atomic E-state index is -0.380. The molecule has 1 heterocycles. The molecule has 0 aliphatic carbocycles. The quantitative estimate of drug-likeness (QED) is 0.476. The Bertz CT molecular complexity index is 525. The van der Waals surface area contributed by atoms with Crippen molar-refractivity contribution in [2.24, 2.45) is 0 Å². The molecule has 1 aliphatic rings. The minimum absolute atomic E-state index is 0.107. The van der Waals surface area contributed by atoms with Gasteiger partial charge in [-0.15, -0.1) is 0 Å². The molecule has 0 N–H and O–H groups in total. The van der Waals surface area contributed by atoms with E-state index in [1.54, 1.807) is 12.1 Å². The van der Waals surface area contributed by atoms with Gasteiger partial charge < -0.3 is 4.79 Å². The van der Waals surface area contributed by atoms with Crippen molar-refractivity contribution in [3.05, 3.63) is 39.4 Å². The lowest BCUT2D eigenvalue weighted by Crippen LogP contribution is -2.46. The number of nitro benzene ring substituents is 1. The lowest BCUT2D eigenvalue weighted by molar-refractivity contribution is -0.385. The summed E-state index contributed by atoms with van der Waals surface area (Å²) in [4.78, 5) is 23.5. The summed E-state index contributed by atoms with van der Waals surface area (Å²) in [6.45, 7) is 7.41. The molecular weight excluding hydrogens is 244 g/mol. The Labute approximate surface area is 112 Å². The van der Waals surface area contributed by atoms with Crippen LogP contribution in [0.5, 0.6) is 0 Å². The second-order valence-electron chi connectivity index (χ2n) is 5.76. The standard InChI is InChI=1S/C14H18N2O3/c1-10(8-17)15-7-11-6-12(16(18)19)4-5-13(11)14(2,3)9-15/h4-6,8,10H,7,9H2,1-3H3. The molecule has 0 amide bonds. The van der Waals surface area contributed by atoms with Crippen molar-refractivity contribution >= 4 is 12.0 Å². The fraction of sp³-hybridized carbons (Fsp3) is 0.500. The molecule has 0 spiro atoms. The van der Waals surface area contributed by atoms with Crippen LogP contribution in [0, 0.1) is 10.1 Å². The first-order chi connectivity index (χ1) is 8.85. The predicted octanol–water partition coefficient (Wildman–Crippen LogP) is 2.28. The van der Waals surface area contributed by atoms with Gasteiger partial charge in [0.1, 0.15) is 6.29 Å². The van der Waals surface area contributed by atoms with Gasteiger partial charge in [0, 0.05) is 30.6 Å². The van der Waals surface area contributed by atoms with Gasteiger partial charge in [0.25, 0.3) is 5.69 Å². The van der Waals surface area contributed by atoms with Crippen LogP contribution >= 0.6 is 0 Å². The number of rotatable bonds is 3. The van der Waals surface area contributed by atoms with Crippen LogP contribution in [0.15, 0.2) is 18.2 Å². The van der Waals surface area contributed by atoms with Crippen molar-refractivity contribution < 1.29 is 9.72 Å². The summed E-state index contributed by atoms with van der Waals surface area (Å²) >= 11 is 0. The summed E-state index contributed by atoms with van der Waals surface area (Å²) < 4.78 is 0. The van der Waals surface area contributed by atoms with Gasteiger partial charge >= 0.3 is 0 Å². The first kappa shape index (κ1) is 13.7. The van der Waals surface area contributed by atoms with E-state index in [0.717, 1.165) is 24.0 Å². The average Bonchev–Trinajstić information content (AvgIpc) is 2.36. The monoisotopic (exact) mass is 262 g/mol. The zero-order valence-electron chi connectivity index (χ0n) is 11.4. The molecule has 5 heteroatoms. The highest BCUT2D eigenvalue weighted by molar-refractivity contribution is 5.57. The SMILES string of the molecule is CC(C=O)N1Cc2cc([N+](=O)[O-])ccc2C(C)(C)C1. The lowest BCUT2D eigenvalue weighted by atomic mass is 9.78. The number of aldehydes is 1. The first-order valence-electron chi connectivity index (χ1n) is 6.32. The number of nitrogens with zero attached hydrogens (tertiary/aromatic N) is 2. The van der Waals surface area contributed by atoms with Gasteiger partial charge in [-0.05, 0) is 18.1 Å². The van der Waals surface area contributed by atoms with E-state index in [2.05, 4.69) is 18.7 Å². The number of non-ortho nitro benzene ring substituents is 1. The molecule has 0 aromatic heterocycles. The molecule has 0 fully saturated rings. The molecule has 5 nitrogen and oxygen atoms in total. The number of hydrogen-bond donors (Lipinski definition) is 0. The molecule has 1 aliphatic heterocycles. The van der Waals surface area contributed by atoms with Gasteiger partial charge in [0.2, 0.25) is 0 Å². The molecule has 19 heavy (non-hydrogen) atoms. The van der Waals surface area contributed by atoms with E-state index in [1.165, 1.54) is 0 Å². The fourth-order valence-corrected chi connectivity index (χ4v) is 2.73. The van der Waals surface area contributed by atoms with Crippen LogP contribution in [-0.2, 0) is 16.8 Å². The summed E-state index contributed by atoms with van der Waals surface area (Å²) in [7, 11) is 0. The van der Waals surface area contributed by atoms with E-state index in [4.69, 9.17) is 0 Å². The summed E-state index contributed by atoms with van der Waals surface area (Å²) in [6, 6.07) is 4.85. The van der Waals surface area contributed by atoms with Crippen LogP contribution in [0.1, 0.15) is 31.9 Å². The summed E-state index contributed by atoms with van der Waals surface area (Å²) in [5.74, 6) is 0. The molecular formula is C14H18N2O3. The third-order valence-electron chi connectivity index (χ3n) is 3.77. The zero-order valence-corrected chi connectivity index (χ0v) is 11.4. The normalized spacial score (nSPS) is 19.5. The first-order valence-corrected chi connectivity index (χ1v) is 6.32. The number of benzene rings is 1. The number of nitro groups is 1. The molecule has 0 bridgehead atoms. The van der Waals surface area contributed by atoms with Crippen molar-refractivity contribution in [1.82, 2.24) is 4.90 Å². The maximum Gasteiger partial charge on any atom is 0.269 e. The topological polar surface area (TPSA) is 63.5 Å². The molecule has 102 valence electrons. The van der Waals surface area contributed by atoms with Crippen molar-refractivity contribution in [3.63, 3.8) is 0 Å². The highest BCUT2D eigenvalue weighted by Gasteiger charge is 2.34. The Morgan fingerprint density at radius 3 is 2.74 bits per heavy atom. The van der Waals surface area contributed by atoms with Crippen LogP contribution in [-0.4, -0.2) is 28.7 Å². The van der Waals surface area contributed by atoms with E-state index in [1.807, 2.05) is 13.0 Å². The minimum Gasteiger partial charge on any atom is -0.302 e. The molecule has 1 aromatic carbocycles. The smallest absolute Gasteiger partial charge is 0.269 e. The van der Waals surface area contributed by atoms with Crippen LogP contribution in [0.2, 0.25) is 0 Å². The Morgan fingerprint density at radius 1 is 1.47 bits per heavy atom. The summed E-state index contributed by atoms with van der Waals surface area (Å²) in [5.41, 5.74) is 2.07. The van der Waals surface area contributed by atoms with Crippen LogP contribution in [0.3, 0.4) is 0 Å². The molecule has 1 atom stereocenters. The molecule has 1 unspecified atom stereocenters. The van der Waals surface area contributed by atoms with Gasteiger partial charge in [0.05, 0.1) is 11.0 Å². The van der Waals surface area contributed by atoms with E-state index < -0.39 is 0 Å². The second-order valence-corrected chi connectivity index (χ2v) is 5.76. The molecule has 0 saturated carbocycles. The predicted molar refractivity (Wildman–Crippen MR) is 72.1 cm³/mol. The summed E-state index contributed by atoms with van der Waals surface area (Å²) in [6.07, 6.45) is 0.915. The van der Waals surface area contributed by atoms with Gasteiger partial charge in [0.15, 0.2) is 0 Å². The fourth-order valence-electron chi connectivity index (χ4n) is 2.73. The number of carbonyl (C=O) groups excluding carboxylic acids is 1. The van der Waals surface area contributed by atoms with Crippen molar-refractivity contribution in [2.45, 2.75) is 38.8 Å². The van der Waals surface area contributed by atoms with Gasteiger partial charge in [-0.1, -0.05) is 19.9 Å².